The Morgan fingerprint density at radius 2 is 2.10 bits per heavy atom. The van der Waals surface area contributed by atoms with Crippen LogP contribution in [0.5, 0.6) is 0 Å². The quantitative estimate of drug-likeness (QED) is 0.912. The van der Waals surface area contributed by atoms with Crippen molar-refractivity contribution >= 4 is 29.1 Å². The van der Waals surface area contributed by atoms with Gasteiger partial charge in [0.1, 0.15) is 6.67 Å². The first-order valence-corrected chi connectivity index (χ1v) is 5.75. The van der Waals surface area contributed by atoms with Crippen molar-refractivity contribution in [2.24, 2.45) is 5.10 Å². The smallest absolute Gasteiger partial charge is 0.451 e. The number of alkyl halides is 3. The van der Waals surface area contributed by atoms with Crippen molar-refractivity contribution in [3.8, 4) is 0 Å². The van der Waals surface area contributed by atoms with Crippen molar-refractivity contribution in [2.75, 3.05) is 18.7 Å². The van der Waals surface area contributed by atoms with E-state index in [0.29, 0.717) is 0 Å². The predicted molar refractivity (Wildman–Crippen MR) is 67.0 cm³/mol. The van der Waals surface area contributed by atoms with Crippen molar-refractivity contribution in [3.05, 3.63) is 28.8 Å². The molecule has 0 atom stereocenters. The molecule has 1 aliphatic rings. The van der Waals surface area contributed by atoms with Gasteiger partial charge in [-0.25, -0.2) is 9.80 Å². The van der Waals surface area contributed by atoms with Crippen LogP contribution in [0.15, 0.2) is 23.3 Å². The van der Waals surface area contributed by atoms with Gasteiger partial charge in [-0.15, -0.1) is 5.10 Å². The lowest BCUT2D eigenvalue weighted by atomic mass is 10.2. The minimum atomic E-state index is -4.56. The molecule has 1 aliphatic heterocycles. The number of amidine groups is 1. The summed E-state index contributed by atoms with van der Waals surface area (Å²) in [5, 5.41) is 13.5. The molecular formula is C11H9ClF3N3O2. The fourth-order valence-electron chi connectivity index (χ4n) is 1.74. The van der Waals surface area contributed by atoms with Gasteiger partial charge in [0.05, 0.1) is 16.3 Å². The van der Waals surface area contributed by atoms with Gasteiger partial charge in [0.2, 0.25) is 5.84 Å². The summed E-state index contributed by atoms with van der Waals surface area (Å²) in [6, 6.07) is 3.90. The first kappa shape index (κ1) is 14.4. The van der Waals surface area contributed by atoms with Crippen LogP contribution in [0.3, 0.4) is 0 Å². The lowest BCUT2D eigenvalue weighted by molar-refractivity contribution is -0.0663. The van der Waals surface area contributed by atoms with Gasteiger partial charge in [-0.05, 0) is 18.2 Å². The van der Waals surface area contributed by atoms with Crippen molar-refractivity contribution in [1.29, 1.82) is 0 Å². The van der Waals surface area contributed by atoms with E-state index < -0.39 is 18.0 Å². The zero-order valence-electron chi connectivity index (χ0n) is 10.1. The average molecular weight is 308 g/mol. The molecule has 9 heteroatoms. The van der Waals surface area contributed by atoms with E-state index in [2.05, 4.69) is 5.10 Å². The molecule has 0 bridgehead atoms. The first-order valence-electron chi connectivity index (χ1n) is 5.37. The van der Waals surface area contributed by atoms with Gasteiger partial charge in [0.15, 0.2) is 0 Å². The third-order valence-electron chi connectivity index (χ3n) is 2.66. The second-order valence-corrected chi connectivity index (χ2v) is 4.54. The second-order valence-electron chi connectivity index (χ2n) is 4.13. The third kappa shape index (κ3) is 2.64. The van der Waals surface area contributed by atoms with Crippen LogP contribution in [0.2, 0.25) is 5.02 Å². The Morgan fingerprint density at radius 1 is 1.45 bits per heavy atom. The number of benzene rings is 1. The van der Waals surface area contributed by atoms with Crippen LogP contribution in [-0.2, 0) is 0 Å². The highest BCUT2D eigenvalue weighted by Crippen LogP contribution is 2.29. The number of carboxylic acids is 1. The van der Waals surface area contributed by atoms with E-state index >= 15 is 0 Å². The van der Waals surface area contributed by atoms with Crippen molar-refractivity contribution < 1.29 is 23.1 Å². The lowest BCUT2D eigenvalue weighted by Crippen LogP contribution is -2.36. The summed E-state index contributed by atoms with van der Waals surface area (Å²) in [6.45, 7) is -0.129. The van der Waals surface area contributed by atoms with E-state index in [1.54, 1.807) is 0 Å². The van der Waals surface area contributed by atoms with Crippen LogP contribution in [0.4, 0.5) is 18.9 Å². The highest BCUT2D eigenvalue weighted by molar-refractivity contribution is 6.33. The lowest BCUT2D eigenvalue weighted by Gasteiger charge is -2.17. The number of anilines is 1. The number of halogens is 4. The number of nitrogens with zero attached hydrogens (tertiary/aromatic N) is 3. The van der Waals surface area contributed by atoms with Crippen molar-refractivity contribution in [2.45, 2.75) is 6.18 Å². The van der Waals surface area contributed by atoms with Crippen LogP contribution >= 0.6 is 11.6 Å². The molecule has 108 valence electrons. The number of hydrogen-bond donors (Lipinski definition) is 1. The summed E-state index contributed by atoms with van der Waals surface area (Å²) in [6.07, 6.45) is -4.56. The number of hydrogen-bond acceptors (Lipinski definition) is 4. The maximum atomic E-state index is 12.7. The van der Waals surface area contributed by atoms with Gasteiger partial charge in [-0.3, -0.25) is 0 Å². The molecular weight excluding hydrogens is 299 g/mol. The Balaban J connectivity index is 2.37. The van der Waals surface area contributed by atoms with E-state index in [4.69, 9.17) is 16.7 Å². The first-order chi connectivity index (χ1) is 9.20. The van der Waals surface area contributed by atoms with E-state index in [1.807, 2.05) is 0 Å². The number of aromatic carboxylic acids is 1. The minimum absolute atomic E-state index is 0.00817. The van der Waals surface area contributed by atoms with Crippen LogP contribution in [0, 0.1) is 0 Å². The number of carbonyl (C=O) groups is 1. The summed E-state index contributed by atoms with van der Waals surface area (Å²) < 4.78 is 38.0. The topological polar surface area (TPSA) is 56.1 Å². The van der Waals surface area contributed by atoms with E-state index in [-0.39, 0.29) is 22.9 Å². The predicted octanol–water partition coefficient (Wildman–Crippen LogP) is 2.62. The highest BCUT2D eigenvalue weighted by atomic mass is 35.5. The van der Waals surface area contributed by atoms with Crippen LogP contribution in [-0.4, -0.2) is 41.7 Å². The summed E-state index contributed by atoms with van der Waals surface area (Å²) in [5.74, 6) is -2.30. The van der Waals surface area contributed by atoms with Gasteiger partial charge in [-0.1, -0.05) is 11.6 Å². The molecule has 0 aromatic heterocycles. The van der Waals surface area contributed by atoms with Crippen molar-refractivity contribution in [1.82, 2.24) is 4.90 Å². The highest BCUT2D eigenvalue weighted by Gasteiger charge is 2.42. The molecule has 0 saturated heterocycles. The largest absolute Gasteiger partial charge is 0.478 e. The van der Waals surface area contributed by atoms with Gasteiger partial charge in [0, 0.05) is 7.05 Å². The Kier molecular flexibility index (Phi) is 3.51. The number of carboxylic acid groups (broad SMARTS) is 1. The minimum Gasteiger partial charge on any atom is -0.478 e. The number of hydrazone groups is 1. The summed E-state index contributed by atoms with van der Waals surface area (Å²) in [5.41, 5.74) is 0.0281. The summed E-state index contributed by atoms with van der Waals surface area (Å²) in [4.78, 5) is 11.9. The van der Waals surface area contributed by atoms with E-state index in [1.165, 1.54) is 25.2 Å². The molecule has 2 rings (SSSR count). The Bertz CT molecular complexity index is 589. The maximum absolute atomic E-state index is 12.7. The van der Waals surface area contributed by atoms with Crippen LogP contribution in [0.25, 0.3) is 0 Å². The molecule has 5 nitrogen and oxygen atoms in total. The van der Waals surface area contributed by atoms with Crippen LogP contribution in [0.1, 0.15) is 10.4 Å². The van der Waals surface area contributed by atoms with E-state index in [9.17, 15) is 18.0 Å². The molecule has 1 aromatic carbocycles. The standard InChI is InChI=1S/C11H9ClF3N3O2/c1-17-5-18(16-10(17)11(13,14)15)6-2-3-8(12)7(4-6)9(19)20/h2-4H,5H2,1H3,(H,19,20). The Morgan fingerprint density at radius 3 is 2.60 bits per heavy atom. The second kappa shape index (κ2) is 4.86. The summed E-state index contributed by atoms with van der Waals surface area (Å²) in [7, 11) is 1.25. The summed E-state index contributed by atoms with van der Waals surface area (Å²) >= 11 is 5.70. The van der Waals surface area contributed by atoms with Gasteiger partial charge >= 0.3 is 12.1 Å². The molecule has 0 spiro atoms. The molecule has 1 N–H and O–H groups in total. The zero-order valence-corrected chi connectivity index (χ0v) is 10.9. The molecule has 1 heterocycles. The molecule has 0 aliphatic carbocycles. The third-order valence-corrected chi connectivity index (χ3v) is 2.98. The molecule has 0 unspecified atom stereocenters. The monoisotopic (exact) mass is 307 g/mol. The Hall–Kier alpha value is -1.96. The molecule has 0 fully saturated rings. The molecule has 0 amide bonds. The van der Waals surface area contributed by atoms with Crippen molar-refractivity contribution in [3.63, 3.8) is 0 Å². The van der Waals surface area contributed by atoms with Gasteiger partial charge in [-0.2, -0.15) is 13.2 Å². The molecule has 0 saturated carbocycles. The van der Waals surface area contributed by atoms with Gasteiger partial charge < -0.3 is 10.0 Å². The van der Waals surface area contributed by atoms with Crippen LogP contribution < -0.4 is 5.01 Å². The normalized spacial score (nSPS) is 15.6. The fraction of sp³-hybridized carbons (Fsp3) is 0.273. The maximum Gasteiger partial charge on any atom is 0.451 e. The molecule has 1 aromatic rings. The average Bonchev–Trinajstić information content (AvgIpc) is 2.71. The SMILES string of the molecule is CN1CN(c2ccc(Cl)c(C(=O)O)c2)N=C1C(F)(F)F. The molecule has 20 heavy (non-hydrogen) atoms. The molecule has 0 radical (unpaired) electrons. The van der Waals surface area contributed by atoms with Gasteiger partial charge in [0.25, 0.3) is 0 Å². The van der Waals surface area contributed by atoms with E-state index in [0.717, 1.165) is 9.91 Å². The number of rotatable bonds is 2. The zero-order chi connectivity index (χ0) is 15.1. The fourth-order valence-corrected chi connectivity index (χ4v) is 1.94. The Labute approximate surface area is 116 Å².